The molecule has 0 saturated heterocycles. The average molecular weight is 435 g/mol. The van der Waals surface area contributed by atoms with Crippen LogP contribution in [0.25, 0.3) is 0 Å². The normalized spacial score (nSPS) is 11.8. The van der Waals surface area contributed by atoms with Gasteiger partial charge in [-0.2, -0.15) is 0 Å². The summed E-state index contributed by atoms with van der Waals surface area (Å²) in [4.78, 5) is 0. The van der Waals surface area contributed by atoms with E-state index < -0.39 is 9.84 Å². The summed E-state index contributed by atoms with van der Waals surface area (Å²) < 4.78 is 25.9. The van der Waals surface area contributed by atoms with Crippen LogP contribution in [0.2, 0.25) is 0 Å². The van der Waals surface area contributed by atoms with E-state index in [0.29, 0.717) is 10.2 Å². The first-order valence-electron chi connectivity index (χ1n) is 3.30. The molecule has 0 atom stereocenters. The van der Waals surface area contributed by atoms with Crippen molar-refractivity contribution in [3.05, 3.63) is 0 Å². The fourth-order valence-electron chi connectivity index (χ4n) is 0.473. The highest BCUT2D eigenvalue weighted by Crippen LogP contribution is 2.06. The van der Waals surface area contributed by atoms with Gasteiger partial charge in [-0.25, -0.2) is 8.42 Å². The smallest absolute Gasteiger partial charge is 0.160 e. The molecule has 0 aromatic heterocycles. The molecular formula is C5H11I2NO2S2. The van der Waals surface area contributed by atoms with E-state index in [-0.39, 0.29) is 5.08 Å². The number of alkyl halides is 1. The lowest BCUT2D eigenvalue weighted by atomic mass is 10.8. The van der Waals surface area contributed by atoms with Crippen molar-refractivity contribution in [2.24, 2.45) is 0 Å². The number of nitrogens with one attached hydrogen (secondary N) is 1. The Hall–Kier alpha value is 1.72. The van der Waals surface area contributed by atoms with Crippen molar-refractivity contribution in [1.29, 1.82) is 0 Å². The summed E-state index contributed by atoms with van der Waals surface area (Å²) in [6.07, 6.45) is 0. The van der Waals surface area contributed by atoms with Crippen LogP contribution in [0.15, 0.2) is 0 Å². The molecule has 0 fully saturated rings. The highest BCUT2D eigenvalue weighted by Gasteiger charge is 2.08. The highest BCUT2D eigenvalue weighted by molar-refractivity contribution is 14.1. The van der Waals surface area contributed by atoms with Gasteiger partial charge in [0.25, 0.3) is 0 Å². The lowest BCUT2D eigenvalue weighted by Gasteiger charge is -2.00. The van der Waals surface area contributed by atoms with Crippen molar-refractivity contribution in [3.8, 4) is 0 Å². The van der Waals surface area contributed by atoms with Gasteiger partial charge < -0.3 is 0 Å². The molecule has 0 heterocycles. The summed E-state index contributed by atoms with van der Waals surface area (Å²) in [5.74, 6) is 1.15. The van der Waals surface area contributed by atoms with Crippen molar-refractivity contribution in [2.45, 2.75) is 0 Å². The zero-order valence-corrected chi connectivity index (χ0v) is 12.4. The Labute approximate surface area is 105 Å². The Bertz CT molecular complexity index is 196. The molecule has 0 amide bonds. The first kappa shape index (κ1) is 13.7. The summed E-state index contributed by atoms with van der Waals surface area (Å²) >= 11 is 5.60. The molecule has 0 aliphatic carbocycles. The predicted molar refractivity (Wildman–Crippen MR) is 72.0 cm³/mol. The van der Waals surface area contributed by atoms with E-state index in [4.69, 9.17) is 0 Å². The van der Waals surface area contributed by atoms with Crippen LogP contribution in [0.5, 0.6) is 0 Å². The second kappa shape index (κ2) is 8.06. The van der Waals surface area contributed by atoms with Crippen LogP contribution in [-0.4, -0.2) is 36.0 Å². The van der Waals surface area contributed by atoms with Gasteiger partial charge in [0.05, 0.1) is 10.8 Å². The molecule has 0 aromatic rings. The molecule has 0 spiro atoms. The second-order valence-corrected chi connectivity index (χ2v) is 7.54. The Morgan fingerprint density at radius 1 is 1.42 bits per heavy atom. The molecule has 0 rings (SSSR count). The topological polar surface area (TPSA) is 46.2 Å². The maximum atomic E-state index is 11.1. The Morgan fingerprint density at radius 2 is 2.08 bits per heavy atom. The number of halogens is 2. The first-order chi connectivity index (χ1) is 5.62. The van der Waals surface area contributed by atoms with Gasteiger partial charge in [0.2, 0.25) is 0 Å². The third-order valence-electron chi connectivity index (χ3n) is 0.992. The van der Waals surface area contributed by atoms with Crippen molar-refractivity contribution in [1.82, 2.24) is 3.53 Å². The molecule has 7 heteroatoms. The van der Waals surface area contributed by atoms with Crippen LogP contribution in [0.1, 0.15) is 0 Å². The molecule has 12 heavy (non-hydrogen) atoms. The molecule has 0 aromatic carbocycles. The number of sulfone groups is 1. The molecule has 0 saturated carbocycles. The number of hydrogen-bond acceptors (Lipinski definition) is 4. The molecule has 0 unspecified atom stereocenters. The summed E-state index contributed by atoms with van der Waals surface area (Å²) in [6, 6.07) is 0. The minimum Gasteiger partial charge on any atom is -0.260 e. The lowest BCUT2D eigenvalue weighted by molar-refractivity contribution is 0.602. The lowest BCUT2D eigenvalue weighted by Crippen LogP contribution is -2.11. The summed E-state index contributed by atoms with van der Waals surface area (Å²) in [5.41, 5.74) is 0. The van der Waals surface area contributed by atoms with Gasteiger partial charge in [-0.3, -0.25) is 3.53 Å². The van der Waals surface area contributed by atoms with E-state index in [1.165, 1.54) is 11.8 Å². The zero-order valence-electron chi connectivity index (χ0n) is 6.42. The van der Waals surface area contributed by atoms with E-state index in [9.17, 15) is 8.42 Å². The number of rotatable bonds is 7. The SMILES string of the molecule is O=S(=O)(CCI)CSCCNI. The molecule has 0 bridgehead atoms. The fourth-order valence-corrected chi connectivity index (χ4v) is 5.56. The van der Waals surface area contributed by atoms with Crippen LogP contribution in [0.4, 0.5) is 0 Å². The van der Waals surface area contributed by atoms with Crippen molar-refractivity contribution in [2.75, 3.05) is 27.6 Å². The molecule has 1 N–H and O–H groups in total. The Kier molecular flexibility index (Phi) is 9.22. The van der Waals surface area contributed by atoms with Gasteiger partial charge in [0, 0.05) is 39.6 Å². The summed E-state index contributed by atoms with van der Waals surface area (Å²) in [6.45, 7) is 0.852. The Balaban J connectivity index is 3.48. The monoisotopic (exact) mass is 435 g/mol. The Morgan fingerprint density at radius 3 is 2.58 bits per heavy atom. The van der Waals surface area contributed by atoms with Crippen LogP contribution >= 0.6 is 57.2 Å². The van der Waals surface area contributed by atoms with Crippen LogP contribution in [0.3, 0.4) is 0 Å². The zero-order chi connectivity index (χ0) is 9.45. The fraction of sp³-hybridized carbons (Fsp3) is 1.00. The van der Waals surface area contributed by atoms with Gasteiger partial charge in [-0.1, -0.05) is 22.6 Å². The molecule has 74 valence electrons. The van der Waals surface area contributed by atoms with E-state index in [1.807, 2.05) is 0 Å². The predicted octanol–water partition coefficient (Wildman–Crippen LogP) is 1.47. The van der Waals surface area contributed by atoms with Crippen molar-refractivity contribution < 1.29 is 8.42 Å². The molecule has 0 radical (unpaired) electrons. The van der Waals surface area contributed by atoms with Gasteiger partial charge in [0.15, 0.2) is 9.84 Å². The minimum atomic E-state index is -2.79. The molecule has 0 aliphatic rings. The minimum absolute atomic E-state index is 0.258. The molecule has 3 nitrogen and oxygen atoms in total. The van der Waals surface area contributed by atoms with E-state index in [2.05, 4.69) is 49.0 Å². The van der Waals surface area contributed by atoms with Gasteiger partial charge in [-0.05, 0) is 0 Å². The third kappa shape index (κ3) is 8.32. The first-order valence-corrected chi connectivity index (χ1v) is 8.88. The standard InChI is InChI=1S/C5H11I2NO2S2/c6-1-4-12(9,10)5-11-3-2-8-7/h8H,1-5H2. The number of hydrogen-bond donors (Lipinski definition) is 1. The van der Waals surface area contributed by atoms with Crippen molar-refractivity contribution in [3.63, 3.8) is 0 Å². The van der Waals surface area contributed by atoms with Gasteiger partial charge >= 0.3 is 0 Å². The molecular weight excluding hydrogens is 424 g/mol. The van der Waals surface area contributed by atoms with Gasteiger partial charge in [-0.15, -0.1) is 11.8 Å². The van der Waals surface area contributed by atoms with Gasteiger partial charge in [0.1, 0.15) is 0 Å². The molecule has 0 aliphatic heterocycles. The average Bonchev–Trinajstić information content (AvgIpc) is 1.98. The summed E-state index contributed by atoms with van der Waals surface area (Å²) in [7, 11) is -2.79. The highest BCUT2D eigenvalue weighted by atomic mass is 127. The second-order valence-electron chi connectivity index (χ2n) is 2.05. The van der Waals surface area contributed by atoms with E-state index in [1.54, 1.807) is 0 Å². The largest absolute Gasteiger partial charge is 0.260 e. The maximum Gasteiger partial charge on any atom is 0.160 e. The quantitative estimate of drug-likeness (QED) is 0.285. The summed E-state index contributed by atoms with van der Waals surface area (Å²) in [5, 5.41) is 0.258. The van der Waals surface area contributed by atoms with E-state index >= 15 is 0 Å². The van der Waals surface area contributed by atoms with E-state index in [0.717, 1.165) is 12.3 Å². The van der Waals surface area contributed by atoms with Crippen LogP contribution in [-0.2, 0) is 9.84 Å². The number of thioether (sulfide) groups is 1. The van der Waals surface area contributed by atoms with Crippen LogP contribution in [0, 0.1) is 0 Å². The van der Waals surface area contributed by atoms with Crippen molar-refractivity contribution >= 4 is 67.1 Å². The van der Waals surface area contributed by atoms with Crippen LogP contribution < -0.4 is 3.53 Å². The third-order valence-corrected chi connectivity index (χ3v) is 6.22. The maximum absolute atomic E-state index is 11.1.